The predicted molar refractivity (Wildman–Crippen MR) is 90.8 cm³/mol. The fraction of sp³-hybridized carbons (Fsp3) is 0.556. The smallest absolute Gasteiger partial charge is 0.239 e. The van der Waals surface area contributed by atoms with Crippen LogP contribution in [-0.4, -0.2) is 18.4 Å². The molecule has 122 valence electrons. The zero-order chi connectivity index (χ0) is 16.9. The van der Waals surface area contributed by atoms with Gasteiger partial charge in [0.25, 0.3) is 0 Å². The minimum absolute atomic E-state index is 0.239. The van der Waals surface area contributed by atoms with Crippen molar-refractivity contribution >= 4 is 17.5 Å². The van der Waals surface area contributed by atoms with Crippen molar-refractivity contribution < 1.29 is 9.59 Å². The summed E-state index contributed by atoms with van der Waals surface area (Å²) in [6.07, 6.45) is 0.903. The van der Waals surface area contributed by atoms with E-state index in [1.165, 1.54) is 0 Å². The van der Waals surface area contributed by atoms with Crippen molar-refractivity contribution in [2.45, 2.75) is 48.0 Å². The average Bonchev–Trinajstić information content (AvgIpc) is 2.42. The number of para-hydroxylation sites is 1. The average molecular weight is 304 g/mol. The molecule has 0 aliphatic rings. The van der Waals surface area contributed by atoms with E-state index in [1.807, 2.05) is 32.0 Å². The summed E-state index contributed by atoms with van der Waals surface area (Å²) in [7, 11) is 0. The normalized spacial score (nSPS) is 11.4. The summed E-state index contributed by atoms with van der Waals surface area (Å²) in [6.45, 7) is 12.0. The first-order valence-corrected chi connectivity index (χ1v) is 7.82. The summed E-state index contributed by atoms with van der Waals surface area (Å²) in [4.78, 5) is 24.8. The molecule has 0 aliphatic carbocycles. The van der Waals surface area contributed by atoms with E-state index in [0.29, 0.717) is 12.5 Å². The third kappa shape index (κ3) is 4.58. The molecule has 2 N–H and O–H groups in total. The Hall–Kier alpha value is -1.84. The number of benzene rings is 1. The first kappa shape index (κ1) is 18.2. The third-order valence-corrected chi connectivity index (χ3v) is 3.86. The lowest BCUT2D eigenvalue weighted by molar-refractivity contribution is -0.138. The molecule has 0 radical (unpaired) electrons. The topological polar surface area (TPSA) is 58.2 Å². The first-order chi connectivity index (χ1) is 10.2. The third-order valence-electron chi connectivity index (χ3n) is 3.86. The highest BCUT2D eigenvalue weighted by atomic mass is 16.2. The van der Waals surface area contributed by atoms with Crippen LogP contribution in [0.4, 0.5) is 5.69 Å². The Morgan fingerprint density at radius 2 is 1.64 bits per heavy atom. The molecule has 1 aromatic rings. The van der Waals surface area contributed by atoms with Crippen molar-refractivity contribution in [3.05, 3.63) is 29.3 Å². The Morgan fingerprint density at radius 1 is 1.09 bits per heavy atom. The molecule has 0 saturated carbocycles. The maximum absolute atomic E-state index is 12.5. The second-order valence-electron chi connectivity index (χ2n) is 6.78. The van der Waals surface area contributed by atoms with Crippen molar-refractivity contribution in [2.75, 3.05) is 11.9 Å². The lowest BCUT2D eigenvalue weighted by Crippen LogP contribution is -2.45. The summed E-state index contributed by atoms with van der Waals surface area (Å²) in [5.74, 6) is -0.00399. The van der Waals surface area contributed by atoms with Gasteiger partial charge in [0.1, 0.15) is 5.41 Å². The number of rotatable bonds is 6. The van der Waals surface area contributed by atoms with Gasteiger partial charge in [0.15, 0.2) is 0 Å². The maximum atomic E-state index is 12.5. The number of hydrogen-bond donors (Lipinski definition) is 2. The summed E-state index contributed by atoms with van der Waals surface area (Å²) < 4.78 is 0. The standard InChI is InChI=1S/C18H28N2O2/c1-12(2)10-11-19-16(21)18(5,6)17(22)20-15-13(3)8-7-9-14(15)4/h7-9,12H,10-11H2,1-6H3,(H,19,21)(H,20,22). The molecular weight excluding hydrogens is 276 g/mol. The van der Waals surface area contributed by atoms with Crippen LogP contribution in [0.5, 0.6) is 0 Å². The lowest BCUT2D eigenvalue weighted by Gasteiger charge is -2.24. The maximum Gasteiger partial charge on any atom is 0.239 e. The van der Waals surface area contributed by atoms with E-state index in [1.54, 1.807) is 13.8 Å². The number of amides is 2. The van der Waals surface area contributed by atoms with Crippen LogP contribution in [0.1, 0.15) is 45.2 Å². The second-order valence-corrected chi connectivity index (χ2v) is 6.78. The molecular formula is C18H28N2O2. The van der Waals surface area contributed by atoms with Crippen LogP contribution in [0.25, 0.3) is 0 Å². The predicted octanol–water partition coefficient (Wildman–Crippen LogP) is 3.43. The molecule has 1 rings (SSSR count). The van der Waals surface area contributed by atoms with Gasteiger partial charge in [0, 0.05) is 12.2 Å². The molecule has 0 heterocycles. The number of carbonyl (C=O) groups is 2. The van der Waals surface area contributed by atoms with Crippen molar-refractivity contribution in [2.24, 2.45) is 11.3 Å². The summed E-state index contributed by atoms with van der Waals surface area (Å²) in [5.41, 5.74) is 1.66. The van der Waals surface area contributed by atoms with Crippen molar-refractivity contribution in [1.29, 1.82) is 0 Å². The molecule has 0 aliphatic heterocycles. The molecule has 0 atom stereocenters. The fourth-order valence-corrected chi connectivity index (χ4v) is 2.08. The van der Waals surface area contributed by atoms with Gasteiger partial charge in [0.05, 0.1) is 0 Å². The highest BCUT2D eigenvalue weighted by molar-refractivity contribution is 6.10. The van der Waals surface area contributed by atoms with Gasteiger partial charge in [-0.2, -0.15) is 0 Å². The molecule has 1 aromatic carbocycles. The van der Waals surface area contributed by atoms with Crippen molar-refractivity contribution in [3.8, 4) is 0 Å². The van der Waals surface area contributed by atoms with Crippen LogP contribution in [0.15, 0.2) is 18.2 Å². The summed E-state index contributed by atoms with van der Waals surface area (Å²) in [6, 6.07) is 5.83. The van der Waals surface area contributed by atoms with Crippen LogP contribution in [0, 0.1) is 25.2 Å². The molecule has 0 fully saturated rings. The van der Waals surface area contributed by atoms with Crippen LogP contribution < -0.4 is 10.6 Å². The summed E-state index contributed by atoms with van der Waals surface area (Å²) >= 11 is 0. The van der Waals surface area contributed by atoms with Crippen LogP contribution in [0.2, 0.25) is 0 Å². The molecule has 2 amide bonds. The highest BCUT2D eigenvalue weighted by Crippen LogP contribution is 2.24. The van der Waals surface area contributed by atoms with Gasteiger partial charge in [-0.3, -0.25) is 9.59 Å². The van der Waals surface area contributed by atoms with Crippen LogP contribution in [0.3, 0.4) is 0 Å². The number of anilines is 1. The van der Waals surface area contributed by atoms with Gasteiger partial charge in [-0.1, -0.05) is 32.0 Å². The Morgan fingerprint density at radius 3 is 2.14 bits per heavy atom. The SMILES string of the molecule is Cc1cccc(C)c1NC(=O)C(C)(C)C(=O)NCCC(C)C. The van der Waals surface area contributed by atoms with Crippen molar-refractivity contribution in [1.82, 2.24) is 5.32 Å². The molecule has 0 bridgehead atoms. The van der Waals surface area contributed by atoms with Gasteiger partial charge in [-0.05, 0) is 51.2 Å². The molecule has 0 saturated heterocycles. The van der Waals surface area contributed by atoms with E-state index in [-0.39, 0.29) is 11.8 Å². The summed E-state index contributed by atoms with van der Waals surface area (Å²) in [5, 5.41) is 5.75. The van der Waals surface area contributed by atoms with E-state index >= 15 is 0 Å². The quantitative estimate of drug-likeness (QED) is 0.791. The number of nitrogens with one attached hydrogen (secondary N) is 2. The molecule has 4 nitrogen and oxygen atoms in total. The number of carbonyl (C=O) groups excluding carboxylic acids is 2. The monoisotopic (exact) mass is 304 g/mol. The first-order valence-electron chi connectivity index (χ1n) is 7.82. The Kier molecular flexibility index (Phi) is 6.15. The van der Waals surface area contributed by atoms with Crippen LogP contribution in [-0.2, 0) is 9.59 Å². The zero-order valence-electron chi connectivity index (χ0n) is 14.5. The molecule has 22 heavy (non-hydrogen) atoms. The number of hydrogen-bond acceptors (Lipinski definition) is 2. The second kappa shape index (κ2) is 7.43. The lowest BCUT2D eigenvalue weighted by atomic mass is 9.90. The van der Waals surface area contributed by atoms with Crippen LogP contribution >= 0.6 is 0 Å². The Bertz CT molecular complexity index is 528. The van der Waals surface area contributed by atoms with Gasteiger partial charge in [0.2, 0.25) is 11.8 Å². The van der Waals surface area contributed by atoms with Gasteiger partial charge < -0.3 is 10.6 Å². The molecule has 0 spiro atoms. The minimum atomic E-state index is -1.11. The number of aryl methyl sites for hydroxylation is 2. The van der Waals surface area contributed by atoms with E-state index in [2.05, 4.69) is 24.5 Å². The molecule has 0 aromatic heterocycles. The minimum Gasteiger partial charge on any atom is -0.355 e. The zero-order valence-corrected chi connectivity index (χ0v) is 14.5. The van der Waals surface area contributed by atoms with E-state index in [9.17, 15) is 9.59 Å². The van der Waals surface area contributed by atoms with Gasteiger partial charge in [-0.25, -0.2) is 0 Å². The Balaban J connectivity index is 2.76. The van der Waals surface area contributed by atoms with E-state index in [0.717, 1.165) is 23.2 Å². The van der Waals surface area contributed by atoms with Crippen molar-refractivity contribution in [3.63, 3.8) is 0 Å². The van der Waals surface area contributed by atoms with E-state index in [4.69, 9.17) is 0 Å². The Labute approximate surface area is 133 Å². The molecule has 0 unspecified atom stereocenters. The fourth-order valence-electron chi connectivity index (χ4n) is 2.08. The van der Waals surface area contributed by atoms with Gasteiger partial charge >= 0.3 is 0 Å². The highest BCUT2D eigenvalue weighted by Gasteiger charge is 2.36. The largest absolute Gasteiger partial charge is 0.355 e. The van der Waals surface area contributed by atoms with Gasteiger partial charge in [-0.15, -0.1) is 0 Å². The van der Waals surface area contributed by atoms with E-state index < -0.39 is 5.41 Å². The molecule has 4 heteroatoms.